The van der Waals surface area contributed by atoms with Crippen molar-refractivity contribution in [2.45, 2.75) is 102 Å². The molecule has 7 rings (SSSR count). The van der Waals surface area contributed by atoms with E-state index in [4.69, 9.17) is 14.2 Å². The average molecular weight is 627 g/mol. The summed E-state index contributed by atoms with van der Waals surface area (Å²) >= 11 is 0. The Labute approximate surface area is 272 Å². The summed E-state index contributed by atoms with van der Waals surface area (Å²) in [5, 5.41) is 0. The Morgan fingerprint density at radius 3 is 2.59 bits per heavy atom. The lowest BCUT2D eigenvalue weighted by Gasteiger charge is -2.65. The Morgan fingerprint density at radius 1 is 1.09 bits per heavy atom. The first kappa shape index (κ1) is 31.0. The minimum absolute atomic E-state index is 0.00583. The van der Waals surface area contributed by atoms with Crippen LogP contribution in [0, 0.1) is 18.8 Å². The quantitative estimate of drug-likeness (QED) is 0.203. The van der Waals surface area contributed by atoms with Crippen LogP contribution in [0.3, 0.4) is 0 Å². The van der Waals surface area contributed by atoms with E-state index in [-0.39, 0.29) is 29.9 Å². The first-order valence-electron chi connectivity index (χ1n) is 17.0. The van der Waals surface area contributed by atoms with Crippen molar-refractivity contribution in [3.63, 3.8) is 0 Å². The molecule has 0 radical (unpaired) electrons. The smallest absolute Gasteiger partial charge is 0.308 e. The van der Waals surface area contributed by atoms with Gasteiger partial charge in [-0.05, 0) is 87.1 Å². The lowest BCUT2D eigenvalue weighted by atomic mass is 9.48. The first-order valence-corrected chi connectivity index (χ1v) is 17.0. The van der Waals surface area contributed by atoms with Crippen LogP contribution in [0.25, 0.3) is 6.08 Å². The van der Waals surface area contributed by atoms with Gasteiger partial charge < -0.3 is 19.1 Å². The van der Waals surface area contributed by atoms with Gasteiger partial charge in [0.1, 0.15) is 11.7 Å². The van der Waals surface area contributed by atoms with Gasteiger partial charge in [-0.3, -0.25) is 19.3 Å². The zero-order valence-electron chi connectivity index (χ0n) is 27.7. The van der Waals surface area contributed by atoms with E-state index in [1.165, 1.54) is 26.7 Å². The van der Waals surface area contributed by atoms with E-state index < -0.39 is 23.1 Å². The van der Waals surface area contributed by atoms with Gasteiger partial charge in [-0.1, -0.05) is 49.7 Å². The highest BCUT2D eigenvalue weighted by molar-refractivity contribution is 5.92. The van der Waals surface area contributed by atoms with Gasteiger partial charge in [-0.15, -0.1) is 0 Å². The van der Waals surface area contributed by atoms with Crippen LogP contribution in [0.15, 0.2) is 42.5 Å². The Bertz CT molecular complexity index is 1600. The van der Waals surface area contributed by atoms with Gasteiger partial charge in [0.15, 0.2) is 11.5 Å². The second-order valence-electron chi connectivity index (χ2n) is 14.7. The van der Waals surface area contributed by atoms with E-state index in [1.54, 1.807) is 6.08 Å². The van der Waals surface area contributed by atoms with Crippen LogP contribution in [0.5, 0.6) is 11.5 Å². The van der Waals surface area contributed by atoms with Crippen molar-refractivity contribution in [3.05, 3.63) is 64.7 Å². The number of benzene rings is 2. The van der Waals surface area contributed by atoms with Crippen molar-refractivity contribution in [1.82, 2.24) is 9.80 Å². The van der Waals surface area contributed by atoms with Crippen LogP contribution in [-0.2, 0) is 31.0 Å². The SMILES string of the molecule is CC(=O)Oc1ccc2c3c1O[C@H]1[C@@H](N(CC(C)C)C(=O)C=Cc4cccc(C)c4)CC[C@@]4(OC(C)=O)[C@@H](C2)N(CC2CC2)CC[C@]314. The molecule has 0 unspecified atom stereocenters. The normalized spacial score (nSPS) is 29.3. The van der Waals surface area contributed by atoms with Crippen LogP contribution in [0.1, 0.15) is 82.1 Å². The van der Waals surface area contributed by atoms with Crippen LogP contribution in [0.4, 0.5) is 0 Å². The number of aryl methyl sites for hydroxylation is 1. The number of amides is 1. The number of rotatable bonds is 9. The van der Waals surface area contributed by atoms with Gasteiger partial charge in [-0.25, -0.2) is 0 Å². The zero-order chi connectivity index (χ0) is 32.4. The summed E-state index contributed by atoms with van der Waals surface area (Å²) in [6, 6.07) is 11.8. The monoisotopic (exact) mass is 626 g/mol. The highest BCUT2D eigenvalue weighted by Gasteiger charge is 2.76. The van der Waals surface area contributed by atoms with Gasteiger partial charge in [-0.2, -0.15) is 0 Å². The molecule has 5 aliphatic rings. The molecule has 1 amide bonds. The summed E-state index contributed by atoms with van der Waals surface area (Å²) in [7, 11) is 0. The number of ether oxygens (including phenoxy) is 3. The summed E-state index contributed by atoms with van der Waals surface area (Å²) in [6.45, 7) is 11.6. The maximum absolute atomic E-state index is 14.2. The molecule has 1 saturated heterocycles. The minimum Gasteiger partial charge on any atom is -0.483 e. The molecular weight excluding hydrogens is 580 g/mol. The van der Waals surface area contributed by atoms with Crippen molar-refractivity contribution in [2.24, 2.45) is 11.8 Å². The van der Waals surface area contributed by atoms with E-state index in [0.29, 0.717) is 36.8 Å². The van der Waals surface area contributed by atoms with Crippen molar-refractivity contribution in [3.8, 4) is 11.5 Å². The molecule has 0 aromatic heterocycles. The molecule has 1 spiro atoms. The highest BCUT2D eigenvalue weighted by atomic mass is 16.6. The molecule has 8 nitrogen and oxygen atoms in total. The molecule has 8 heteroatoms. The Kier molecular flexibility index (Phi) is 7.78. The number of carbonyl (C=O) groups is 3. The third kappa shape index (κ3) is 5.04. The summed E-state index contributed by atoms with van der Waals surface area (Å²) in [6.07, 6.45) is 8.33. The second kappa shape index (κ2) is 11.5. The van der Waals surface area contributed by atoms with Gasteiger partial charge >= 0.3 is 11.9 Å². The summed E-state index contributed by atoms with van der Waals surface area (Å²) in [5.74, 6) is 1.12. The molecule has 2 saturated carbocycles. The van der Waals surface area contributed by atoms with Crippen LogP contribution < -0.4 is 9.47 Å². The van der Waals surface area contributed by atoms with Crippen molar-refractivity contribution in [2.75, 3.05) is 19.6 Å². The minimum atomic E-state index is -0.815. The van der Waals surface area contributed by atoms with Crippen molar-refractivity contribution < 1.29 is 28.6 Å². The van der Waals surface area contributed by atoms with Gasteiger partial charge in [0.25, 0.3) is 0 Å². The van der Waals surface area contributed by atoms with Crippen LogP contribution >= 0.6 is 0 Å². The Balaban J connectivity index is 1.35. The fourth-order valence-corrected chi connectivity index (χ4v) is 9.25. The first-order chi connectivity index (χ1) is 22.0. The molecule has 244 valence electrons. The number of piperidine rings is 1. The Hall–Kier alpha value is -3.65. The van der Waals surface area contributed by atoms with E-state index in [0.717, 1.165) is 48.2 Å². The fourth-order valence-electron chi connectivity index (χ4n) is 9.25. The second-order valence-corrected chi connectivity index (χ2v) is 14.7. The molecule has 2 aromatic carbocycles. The lowest BCUT2D eigenvalue weighted by Crippen LogP contribution is -2.79. The number of hydrogen-bond donors (Lipinski definition) is 0. The topological polar surface area (TPSA) is 85.4 Å². The van der Waals surface area contributed by atoms with E-state index >= 15 is 0 Å². The van der Waals surface area contributed by atoms with Gasteiger partial charge in [0, 0.05) is 38.6 Å². The highest BCUT2D eigenvalue weighted by Crippen LogP contribution is 2.67. The number of esters is 2. The third-order valence-corrected chi connectivity index (χ3v) is 11.0. The Morgan fingerprint density at radius 2 is 1.89 bits per heavy atom. The zero-order valence-corrected chi connectivity index (χ0v) is 27.7. The van der Waals surface area contributed by atoms with Crippen molar-refractivity contribution >= 4 is 23.9 Å². The predicted octanol–water partition coefficient (Wildman–Crippen LogP) is 5.62. The van der Waals surface area contributed by atoms with Crippen molar-refractivity contribution in [1.29, 1.82) is 0 Å². The molecule has 46 heavy (non-hydrogen) atoms. The number of carbonyl (C=O) groups excluding carboxylic acids is 3. The fraction of sp³-hybridized carbons (Fsp3) is 0.553. The van der Waals surface area contributed by atoms with E-state index in [1.807, 2.05) is 42.2 Å². The molecule has 3 fully saturated rings. The van der Waals surface area contributed by atoms with E-state index in [9.17, 15) is 14.4 Å². The summed E-state index contributed by atoms with van der Waals surface area (Å²) in [5.41, 5.74) is 2.79. The standard InChI is InChI=1S/C38H46N2O6/c1-23(2)21-40(33(43)14-11-27-8-6-7-24(3)19-27)30-15-16-38(46-26(5)42)32-20-29-12-13-31(44-25(4)41)35-34(29)37(38,36(30)45-35)17-18-39(32)22-28-9-10-28/h6-8,11-14,19,23,28,30,32,36H,9-10,15-18,20-22H2,1-5H3/t30-,32+,36-,37-,38+/m0/s1. The number of nitrogens with zero attached hydrogens (tertiary/aromatic N) is 2. The summed E-state index contributed by atoms with van der Waals surface area (Å²) < 4.78 is 19.4. The predicted molar refractivity (Wildman–Crippen MR) is 175 cm³/mol. The van der Waals surface area contributed by atoms with Crippen LogP contribution in [0.2, 0.25) is 0 Å². The maximum atomic E-state index is 14.2. The molecule has 3 aliphatic carbocycles. The van der Waals surface area contributed by atoms with Gasteiger partial charge in [0.05, 0.1) is 17.5 Å². The van der Waals surface area contributed by atoms with Crippen LogP contribution in [-0.4, -0.2) is 71.1 Å². The summed E-state index contributed by atoms with van der Waals surface area (Å²) in [4.78, 5) is 44.1. The van der Waals surface area contributed by atoms with Gasteiger partial charge in [0.2, 0.25) is 5.91 Å². The molecule has 5 atom stereocenters. The molecular formula is C38H46N2O6. The molecule has 2 aliphatic heterocycles. The molecule has 2 aromatic rings. The largest absolute Gasteiger partial charge is 0.483 e. The maximum Gasteiger partial charge on any atom is 0.308 e. The van der Waals surface area contributed by atoms with E-state index in [2.05, 4.69) is 30.9 Å². The average Bonchev–Trinajstić information content (AvgIpc) is 3.74. The molecule has 0 N–H and O–H groups in total. The molecule has 2 bridgehead atoms. The number of likely N-dealkylation sites (tertiary alicyclic amines) is 1. The number of hydrogen-bond acceptors (Lipinski definition) is 7. The lowest BCUT2D eigenvalue weighted by molar-refractivity contribution is -0.224. The third-order valence-electron chi connectivity index (χ3n) is 11.0. The molecule has 2 heterocycles.